The summed E-state index contributed by atoms with van der Waals surface area (Å²) in [6.07, 6.45) is 10.7. The number of rotatable bonds is 8. The van der Waals surface area contributed by atoms with Gasteiger partial charge in [0, 0.05) is 4.90 Å². The van der Waals surface area contributed by atoms with Gasteiger partial charge in [-0.1, -0.05) is 49.8 Å². The van der Waals surface area contributed by atoms with Crippen LogP contribution >= 0.6 is 11.8 Å². The van der Waals surface area contributed by atoms with Crippen LogP contribution in [0.2, 0.25) is 0 Å². The number of benzene rings is 1. The molecule has 0 unspecified atom stereocenters. The summed E-state index contributed by atoms with van der Waals surface area (Å²) in [5.74, 6) is -0.0711. The van der Waals surface area contributed by atoms with E-state index in [1.165, 1.54) is 29.9 Å². The Morgan fingerprint density at radius 2 is 2.00 bits per heavy atom. The van der Waals surface area contributed by atoms with Crippen molar-refractivity contribution in [3.63, 3.8) is 0 Å². The van der Waals surface area contributed by atoms with Gasteiger partial charge in [-0.25, -0.2) is 4.79 Å². The van der Waals surface area contributed by atoms with E-state index in [1.807, 2.05) is 36.0 Å². The number of carboxylic acid groups (broad SMARTS) is 1. The van der Waals surface area contributed by atoms with E-state index in [9.17, 15) is 4.79 Å². The fourth-order valence-corrected chi connectivity index (χ4v) is 2.55. The van der Waals surface area contributed by atoms with Crippen LogP contribution in [0.4, 0.5) is 0 Å². The maximum Gasteiger partial charge on any atom is 0.346 e. The van der Waals surface area contributed by atoms with Gasteiger partial charge in [0.15, 0.2) is 0 Å². The van der Waals surface area contributed by atoms with Crippen molar-refractivity contribution in [3.8, 4) is 6.07 Å². The smallest absolute Gasteiger partial charge is 0.346 e. The highest BCUT2D eigenvalue weighted by atomic mass is 32.2. The molecule has 0 heterocycles. The van der Waals surface area contributed by atoms with E-state index < -0.39 is 5.97 Å². The quantitative estimate of drug-likeness (QED) is 0.249. The highest BCUT2D eigenvalue weighted by molar-refractivity contribution is 7.99. The first-order chi connectivity index (χ1) is 10.7. The average Bonchev–Trinajstić information content (AvgIpc) is 2.52. The molecule has 0 saturated carbocycles. The van der Waals surface area contributed by atoms with Gasteiger partial charge in [-0.05, 0) is 35.9 Å². The van der Waals surface area contributed by atoms with Gasteiger partial charge in [0.1, 0.15) is 11.6 Å². The minimum Gasteiger partial charge on any atom is -0.477 e. The largest absolute Gasteiger partial charge is 0.477 e. The number of nitrogens with zero attached hydrogens (tertiary/aromatic N) is 1. The van der Waals surface area contributed by atoms with E-state index in [0.29, 0.717) is 0 Å². The summed E-state index contributed by atoms with van der Waals surface area (Å²) < 4.78 is 0. The SMILES string of the molecule is CCCCSc1ccc(/C=C/C=C/C=C(\C#N)C(=O)O)cc1. The summed E-state index contributed by atoms with van der Waals surface area (Å²) >= 11 is 1.86. The van der Waals surface area contributed by atoms with Gasteiger partial charge in [-0.2, -0.15) is 5.26 Å². The molecule has 0 atom stereocenters. The summed E-state index contributed by atoms with van der Waals surface area (Å²) in [5, 5.41) is 17.2. The molecule has 0 fully saturated rings. The first-order valence-corrected chi connectivity index (χ1v) is 8.07. The molecule has 0 aromatic heterocycles. The third-order valence-corrected chi connectivity index (χ3v) is 3.87. The van der Waals surface area contributed by atoms with E-state index in [2.05, 4.69) is 19.1 Å². The molecule has 0 aliphatic heterocycles. The monoisotopic (exact) mass is 313 g/mol. The number of nitriles is 1. The molecule has 0 saturated heterocycles. The first kappa shape index (κ1) is 17.8. The van der Waals surface area contributed by atoms with Crippen LogP contribution in [0.1, 0.15) is 25.3 Å². The Morgan fingerprint density at radius 1 is 1.27 bits per heavy atom. The van der Waals surface area contributed by atoms with Crippen molar-refractivity contribution >= 4 is 23.8 Å². The second-order valence-corrected chi connectivity index (χ2v) is 5.68. The molecule has 0 bridgehead atoms. The number of thioether (sulfide) groups is 1. The molecule has 0 spiro atoms. The Hall–Kier alpha value is -2.25. The Morgan fingerprint density at radius 3 is 2.59 bits per heavy atom. The van der Waals surface area contributed by atoms with Crippen LogP contribution in [-0.4, -0.2) is 16.8 Å². The lowest BCUT2D eigenvalue weighted by molar-refractivity contribution is -0.132. The van der Waals surface area contributed by atoms with Gasteiger partial charge >= 0.3 is 5.97 Å². The lowest BCUT2D eigenvalue weighted by Crippen LogP contribution is -1.96. The normalized spacial score (nSPS) is 11.9. The van der Waals surface area contributed by atoms with Gasteiger partial charge in [0.2, 0.25) is 0 Å². The highest BCUT2D eigenvalue weighted by Crippen LogP contribution is 2.20. The van der Waals surface area contributed by atoms with E-state index in [1.54, 1.807) is 12.1 Å². The molecule has 1 N–H and O–H groups in total. The lowest BCUT2D eigenvalue weighted by atomic mass is 10.2. The minimum absolute atomic E-state index is 0.280. The van der Waals surface area contributed by atoms with Crippen LogP contribution in [0.25, 0.3) is 6.08 Å². The van der Waals surface area contributed by atoms with Gasteiger partial charge in [-0.3, -0.25) is 0 Å². The molecule has 0 aliphatic rings. The predicted molar refractivity (Wildman–Crippen MR) is 91.6 cm³/mol. The Labute approximate surface area is 135 Å². The molecule has 1 aromatic carbocycles. The topological polar surface area (TPSA) is 61.1 Å². The summed E-state index contributed by atoms with van der Waals surface area (Å²) in [6.45, 7) is 2.19. The zero-order valence-electron chi connectivity index (χ0n) is 12.5. The number of hydrogen-bond acceptors (Lipinski definition) is 3. The molecule has 22 heavy (non-hydrogen) atoms. The highest BCUT2D eigenvalue weighted by Gasteiger charge is 2.02. The summed E-state index contributed by atoms with van der Waals surface area (Å²) in [6, 6.07) is 9.92. The van der Waals surface area contributed by atoms with Crippen LogP contribution in [0, 0.1) is 11.3 Å². The zero-order chi connectivity index (χ0) is 16.2. The molecule has 4 heteroatoms. The molecule has 1 rings (SSSR count). The molecule has 114 valence electrons. The number of hydrogen-bond donors (Lipinski definition) is 1. The van der Waals surface area contributed by atoms with Crippen molar-refractivity contribution in [2.75, 3.05) is 5.75 Å². The van der Waals surface area contributed by atoms with Crippen molar-refractivity contribution in [2.45, 2.75) is 24.7 Å². The number of carbonyl (C=O) groups is 1. The van der Waals surface area contributed by atoms with Crippen molar-refractivity contribution in [1.82, 2.24) is 0 Å². The second kappa shape index (κ2) is 10.5. The number of allylic oxidation sites excluding steroid dienone is 4. The van der Waals surface area contributed by atoms with Gasteiger partial charge in [0.05, 0.1) is 0 Å². The fourth-order valence-electron chi connectivity index (χ4n) is 1.55. The van der Waals surface area contributed by atoms with Crippen molar-refractivity contribution in [3.05, 3.63) is 59.7 Å². The van der Waals surface area contributed by atoms with Crippen LogP contribution in [0.5, 0.6) is 0 Å². The van der Waals surface area contributed by atoms with Gasteiger partial charge in [-0.15, -0.1) is 11.8 Å². The van der Waals surface area contributed by atoms with Crippen LogP contribution in [0.15, 0.2) is 59.0 Å². The molecule has 0 radical (unpaired) electrons. The average molecular weight is 313 g/mol. The lowest BCUT2D eigenvalue weighted by Gasteiger charge is -2.00. The van der Waals surface area contributed by atoms with Crippen LogP contribution in [-0.2, 0) is 4.79 Å². The van der Waals surface area contributed by atoms with E-state index in [0.717, 1.165) is 11.3 Å². The molecule has 0 aliphatic carbocycles. The zero-order valence-corrected chi connectivity index (χ0v) is 13.3. The second-order valence-electron chi connectivity index (χ2n) is 4.51. The first-order valence-electron chi connectivity index (χ1n) is 7.08. The summed E-state index contributed by atoms with van der Waals surface area (Å²) in [7, 11) is 0. The third kappa shape index (κ3) is 6.96. The molecule has 3 nitrogen and oxygen atoms in total. The Bertz CT molecular complexity index is 607. The van der Waals surface area contributed by atoms with Gasteiger partial charge in [0.25, 0.3) is 0 Å². The number of carboxylic acids is 1. The van der Waals surface area contributed by atoms with Gasteiger partial charge < -0.3 is 5.11 Å². The number of aliphatic carboxylic acids is 1. The van der Waals surface area contributed by atoms with Crippen molar-refractivity contribution in [1.29, 1.82) is 5.26 Å². The summed E-state index contributed by atoms with van der Waals surface area (Å²) in [4.78, 5) is 11.9. The van der Waals surface area contributed by atoms with Crippen LogP contribution in [0.3, 0.4) is 0 Å². The molecular weight excluding hydrogens is 294 g/mol. The maximum atomic E-state index is 10.6. The van der Waals surface area contributed by atoms with Crippen molar-refractivity contribution < 1.29 is 9.90 Å². The Balaban J connectivity index is 2.53. The predicted octanol–water partition coefficient (Wildman–Crippen LogP) is 4.68. The van der Waals surface area contributed by atoms with Crippen molar-refractivity contribution in [2.24, 2.45) is 0 Å². The van der Waals surface area contributed by atoms with E-state index in [-0.39, 0.29) is 5.57 Å². The number of unbranched alkanes of at least 4 members (excludes halogenated alkanes) is 1. The third-order valence-electron chi connectivity index (χ3n) is 2.77. The summed E-state index contributed by atoms with van der Waals surface area (Å²) in [5.41, 5.74) is 0.797. The standard InChI is InChI=1S/C18H19NO2S/c1-2-3-13-22-17-11-9-15(10-12-17)7-5-4-6-8-16(14-19)18(20)21/h4-12H,2-3,13H2,1H3,(H,20,21)/b6-4+,7-5+,16-8+. The molecular formula is C18H19NO2S. The van der Waals surface area contributed by atoms with Crippen LogP contribution < -0.4 is 0 Å². The van der Waals surface area contributed by atoms with E-state index in [4.69, 9.17) is 10.4 Å². The molecule has 0 amide bonds. The molecule has 1 aromatic rings. The van der Waals surface area contributed by atoms with E-state index >= 15 is 0 Å². The fraction of sp³-hybridized carbons (Fsp3) is 0.222. The maximum absolute atomic E-state index is 10.6. The minimum atomic E-state index is -1.22. The Kier molecular flexibility index (Phi) is 8.47.